The average Bonchev–Trinajstić information content (AvgIpc) is 1.94. The van der Waals surface area contributed by atoms with Gasteiger partial charge in [-0.25, -0.2) is 0 Å². The van der Waals surface area contributed by atoms with E-state index in [1.165, 1.54) is 12.7 Å². The molecule has 60 valence electrons. The molecule has 0 aliphatic heterocycles. The summed E-state index contributed by atoms with van der Waals surface area (Å²) in [6.45, 7) is 4.44. The number of hydrogen-bond donors (Lipinski definition) is 0. The van der Waals surface area contributed by atoms with Crippen molar-refractivity contribution in [2.45, 2.75) is 19.8 Å². The van der Waals surface area contributed by atoms with E-state index < -0.39 is 0 Å². The Morgan fingerprint density at radius 3 is 2.18 bits per heavy atom. The van der Waals surface area contributed by atoms with Gasteiger partial charge in [0.05, 0.1) is 0 Å². The molecule has 1 aromatic rings. The first-order chi connectivity index (χ1) is 5.11. The van der Waals surface area contributed by atoms with E-state index >= 15 is 0 Å². The van der Waals surface area contributed by atoms with Crippen LogP contribution in [0.15, 0.2) is 18.2 Å². The van der Waals surface area contributed by atoms with E-state index in [-0.39, 0.29) is 0 Å². The van der Waals surface area contributed by atoms with Crippen LogP contribution in [0.2, 0.25) is 0 Å². The zero-order valence-electron chi connectivity index (χ0n) is 6.57. The van der Waals surface area contributed by atoms with E-state index in [0.29, 0.717) is 5.92 Å². The minimum absolute atomic E-state index is 0.639. The lowest BCUT2D eigenvalue weighted by molar-refractivity contribution is 0.865. The Bertz CT molecular complexity index is 254. The summed E-state index contributed by atoms with van der Waals surface area (Å²) in [5.74, 6) is 0.639. The number of halogens is 2. The molecule has 0 N–H and O–H groups in total. The quantitative estimate of drug-likeness (QED) is 0.654. The monoisotopic (exact) mass is 372 g/mol. The van der Waals surface area contributed by atoms with Crippen molar-refractivity contribution in [3.8, 4) is 0 Å². The van der Waals surface area contributed by atoms with Crippen molar-refractivity contribution in [2.24, 2.45) is 0 Å². The minimum atomic E-state index is 0.639. The molecule has 0 radical (unpaired) electrons. The van der Waals surface area contributed by atoms with Gasteiger partial charge in [-0.3, -0.25) is 0 Å². The molecule has 0 saturated heterocycles. The van der Waals surface area contributed by atoms with Gasteiger partial charge >= 0.3 is 0 Å². The molecule has 0 fully saturated rings. The number of benzene rings is 1. The molecule has 0 atom stereocenters. The zero-order valence-corrected chi connectivity index (χ0v) is 10.9. The normalized spacial score (nSPS) is 10.6. The third-order valence-corrected chi connectivity index (χ3v) is 4.48. The predicted molar refractivity (Wildman–Crippen MR) is 66.0 cm³/mol. The summed E-state index contributed by atoms with van der Waals surface area (Å²) in [4.78, 5) is 0. The summed E-state index contributed by atoms with van der Waals surface area (Å²) >= 11 is 4.73. The van der Waals surface area contributed by atoms with Crippen molar-refractivity contribution in [3.05, 3.63) is 30.9 Å². The Morgan fingerprint density at radius 2 is 1.73 bits per heavy atom. The lowest BCUT2D eigenvalue weighted by atomic mass is 10.0. The minimum Gasteiger partial charge on any atom is -0.0587 e. The van der Waals surface area contributed by atoms with Gasteiger partial charge in [-0.05, 0) is 68.8 Å². The van der Waals surface area contributed by atoms with Gasteiger partial charge in [0, 0.05) is 7.14 Å². The van der Waals surface area contributed by atoms with Crippen LogP contribution in [0, 0.1) is 7.14 Å². The van der Waals surface area contributed by atoms with Gasteiger partial charge in [-0.1, -0.05) is 19.9 Å². The van der Waals surface area contributed by atoms with Crippen LogP contribution in [0.25, 0.3) is 0 Å². The Kier molecular flexibility index (Phi) is 3.61. The van der Waals surface area contributed by atoms with Crippen LogP contribution in [0.1, 0.15) is 25.3 Å². The highest BCUT2D eigenvalue weighted by Gasteiger charge is 2.01. The third kappa shape index (κ3) is 2.57. The molecule has 0 saturated carbocycles. The first kappa shape index (κ1) is 9.77. The molecule has 0 unspecified atom stereocenters. The van der Waals surface area contributed by atoms with Crippen LogP contribution in [-0.4, -0.2) is 0 Å². The highest BCUT2D eigenvalue weighted by atomic mass is 127. The first-order valence-electron chi connectivity index (χ1n) is 3.56. The van der Waals surface area contributed by atoms with Gasteiger partial charge < -0.3 is 0 Å². The van der Waals surface area contributed by atoms with Crippen molar-refractivity contribution in [1.29, 1.82) is 0 Å². The summed E-state index contributed by atoms with van der Waals surface area (Å²) in [7, 11) is 0. The van der Waals surface area contributed by atoms with Crippen molar-refractivity contribution in [3.63, 3.8) is 0 Å². The molecule has 1 rings (SSSR count). The zero-order chi connectivity index (χ0) is 8.43. The van der Waals surface area contributed by atoms with Crippen molar-refractivity contribution in [1.82, 2.24) is 0 Å². The van der Waals surface area contributed by atoms with E-state index in [1.54, 1.807) is 0 Å². The Morgan fingerprint density at radius 1 is 1.09 bits per heavy atom. The maximum Gasteiger partial charge on any atom is 0.0266 e. The number of hydrogen-bond acceptors (Lipinski definition) is 0. The molecule has 2 heteroatoms. The Balaban J connectivity index is 3.05. The van der Waals surface area contributed by atoms with Crippen LogP contribution in [0.3, 0.4) is 0 Å². The molecule has 0 bridgehead atoms. The van der Waals surface area contributed by atoms with Gasteiger partial charge in [0.15, 0.2) is 0 Å². The maximum absolute atomic E-state index is 2.38. The van der Waals surface area contributed by atoms with Crippen LogP contribution in [0.5, 0.6) is 0 Å². The third-order valence-electron chi connectivity index (χ3n) is 1.61. The average molecular weight is 372 g/mol. The molecule has 0 aliphatic rings. The smallest absolute Gasteiger partial charge is 0.0266 e. The van der Waals surface area contributed by atoms with E-state index in [9.17, 15) is 0 Å². The first-order valence-corrected chi connectivity index (χ1v) is 5.72. The Labute approximate surface area is 95.0 Å². The predicted octanol–water partition coefficient (Wildman–Crippen LogP) is 4.02. The second kappa shape index (κ2) is 4.07. The molecular formula is C9H10I2. The van der Waals surface area contributed by atoms with Crippen LogP contribution in [-0.2, 0) is 0 Å². The summed E-state index contributed by atoms with van der Waals surface area (Å²) in [5.41, 5.74) is 1.43. The van der Waals surface area contributed by atoms with E-state index in [1.807, 2.05) is 0 Å². The molecule has 0 aromatic heterocycles. The van der Waals surface area contributed by atoms with Crippen molar-refractivity contribution >= 4 is 45.2 Å². The summed E-state index contributed by atoms with van der Waals surface area (Å²) < 4.78 is 2.70. The van der Waals surface area contributed by atoms with Gasteiger partial charge in [0.25, 0.3) is 0 Å². The van der Waals surface area contributed by atoms with Gasteiger partial charge in [-0.2, -0.15) is 0 Å². The molecule has 11 heavy (non-hydrogen) atoms. The summed E-state index contributed by atoms with van der Waals surface area (Å²) in [6.07, 6.45) is 0. The lowest BCUT2D eigenvalue weighted by Gasteiger charge is -2.05. The molecule has 0 spiro atoms. The van der Waals surface area contributed by atoms with Crippen molar-refractivity contribution < 1.29 is 0 Å². The topological polar surface area (TPSA) is 0 Å². The summed E-state index contributed by atoms with van der Waals surface area (Å²) in [5, 5.41) is 0. The highest BCUT2D eigenvalue weighted by molar-refractivity contribution is 14.1. The summed E-state index contributed by atoms with van der Waals surface area (Å²) in [6, 6.07) is 6.64. The van der Waals surface area contributed by atoms with Crippen LogP contribution in [0.4, 0.5) is 0 Å². The largest absolute Gasteiger partial charge is 0.0587 e. The molecular weight excluding hydrogens is 362 g/mol. The fourth-order valence-corrected chi connectivity index (χ4v) is 1.75. The van der Waals surface area contributed by atoms with Gasteiger partial charge in [0.1, 0.15) is 0 Å². The van der Waals surface area contributed by atoms with E-state index in [0.717, 1.165) is 0 Å². The fraction of sp³-hybridized carbons (Fsp3) is 0.333. The molecule has 0 aliphatic carbocycles. The number of rotatable bonds is 1. The molecule has 0 heterocycles. The molecule has 0 nitrogen and oxygen atoms in total. The maximum atomic E-state index is 2.38. The fourth-order valence-electron chi connectivity index (χ4n) is 0.871. The van der Waals surface area contributed by atoms with Crippen molar-refractivity contribution in [2.75, 3.05) is 0 Å². The van der Waals surface area contributed by atoms with E-state index in [4.69, 9.17) is 0 Å². The standard InChI is InChI=1S/C9H10I2/c1-6(2)7-3-4-8(10)9(11)5-7/h3-6H,1-2H3. The van der Waals surface area contributed by atoms with E-state index in [2.05, 4.69) is 77.2 Å². The van der Waals surface area contributed by atoms with Crippen LogP contribution < -0.4 is 0 Å². The Hall–Kier alpha value is 0.680. The van der Waals surface area contributed by atoms with Crippen LogP contribution >= 0.6 is 45.2 Å². The SMILES string of the molecule is CC(C)c1ccc(I)c(I)c1. The second-order valence-corrected chi connectivity index (χ2v) is 5.15. The molecule has 1 aromatic carbocycles. The second-order valence-electron chi connectivity index (χ2n) is 2.83. The van der Waals surface area contributed by atoms with Gasteiger partial charge in [-0.15, -0.1) is 0 Å². The lowest BCUT2D eigenvalue weighted by Crippen LogP contribution is -1.89. The molecule has 0 amide bonds. The highest BCUT2D eigenvalue weighted by Crippen LogP contribution is 2.21. The van der Waals surface area contributed by atoms with Gasteiger partial charge in [0.2, 0.25) is 0 Å².